The molecule has 0 aromatic rings. The van der Waals surface area contributed by atoms with E-state index in [0.717, 1.165) is 32.7 Å². The lowest BCUT2D eigenvalue weighted by molar-refractivity contribution is -0.135. The topological polar surface area (TPSA) is 41.6 Å². The largest absolute Gasteiger partial charge is 0.385 e. The highest BCUT2D eigenvalue weighted by Crippen LogP contribution is 2.17. The fourth-order valence-electron chi connectivity index (χ4n) is 1.73. The lowest BCUT2D eigenvalue weighted by Crippen LogP contribution is -2.61. The molecule has 1 aliphatic rings. The summed E-state index contributed by atoms with van der Waals surface area (Å²) in [4.78, 5) is 13.8. The van der Waals surface area contributed by atoms with E-state index < -0.39 is 0 Å². The number of carbonyl (C=O) groups is 1. The van der Waals surface area contributed by atoms with Crippen molar-refractivity contribution < 1.29 is 9.53 Å². The Morgan fingerprint density at radius 1 is 1.57 bits per heavy atom. The van der Waals surface area contributed by atoms with Crippen LogP contribution in [0.5, 0.6) is 0 Å². The Hall–Kier alpha value is -0.610. The molecule has 0 aliphatic carbocycles. The quantitative estimate of drug-likeness (QED) is 0.661. The predicted octanol–water partition coefficient (Wildman–Crippen LogP) is 0.233. The molecule has 1 saturated heterocycles. The number of nitrogens with zero attached hydrogens (tertiary/aromatic N) is 1. The molecule has 1 rings (SSSR count). The van der Waals surface area contributed by atoms with E-state index in [1.54, 1.807) is 7.11 Å². The average Bonchev–Trinajstić information content (AvgIpc) is 2.13. The first-order valence-corrected chi connectivity index (χ1v) is 5.11. The molecule has 14 heavy (non-hydrogen) atoms. The van der Waals surface area contributed by atoms with Crippen LogP contribution in [-0.2, 0) is 9.53 Å². The maximum absolute atomic E-state index is 11.6. The zero-order valence-corrected chi connectivity index (χ0v) is 9.30. The second-order valence-corrected chi connectivity index (χ2v) is 4.15. The monoisotopic (exact) mass is 200 g/mol. The highest BCUT2D eigenvalue weighted by molar-refractivity contribution is 5.86. The van der Waals surface area contributed by atoms with E-state index in [1.807, 2.05) is 13.8 Å². The fraction of sp³-hybridized carbons (Fsp3) is 0.900. The lowest BCUT2D eigenvalue weighted by Gasteiger charge is -2.41. The molecule has 0 bridgehead atoms. The van der Waals surface area contributed by atoms with Gasteiger partial charge in [0.05, 0.1) is 5.54 Å². The van der Waals surface area contributed by atoms with Crippen molar-refractivity contribution in [3.05, 3.63) is 0 Å². The standard InChI is InChI=1S/C10H20N2O2/c1-10(2)9(13)11-5-7-12(10)6-4-8-14-3/h4-8H2,1-3H3,(H,11,13). The van der Waals surface area contributed by atoms with E-state index in [9.17, 15) is 4.79 Å². The molecule has 1 N–H and O–H groups in total. The Kier molecular flexibility index (Phi) is 3.89. The van der Waals surface area contributed by atoms with E-state index in [2.05, 4.69) is 10.2 Å². The third-order valence-electron chi connectivity index (χ3n) is 2.79. The Balaban J connectivity index is 2.45. The summed E-state index contributed by atoms with van der Waals surface area (Å²) >= 11 is 0. The van der Waals surface area contributed by atoms with Crippen LogP contribution in [0.3, 0.4) is 0 Å². The van der Waals surface area contributed by atoms with Gasteiger partial charge >= 0.3 is 0 Å². The molecule has 1 heterocycles. The minimum absolute atomic E-state index is 0.126. The summed E-state index contributed by atoms with van der Waals surface area (Å²) < 4.78 is 5.00. The van der Waals surface area contributed by atoms with Gasteiger partial charge in [-0.15, -0.1) is 0 Å². The minimum atomic E-state index is -0.369. The van der Waals surface area contributed by atoms with Crippen molar-refractivity contribution in [2.75, 3.05) is 33.4 Å². The molecule has 0 aromatic carbocycles. The fourth-order valence-corrected chi connectivity index (χ4v) is 1.73. The molecule has 0 unspecified atom stereocenters. The van der Waals surface area contributed by atoms with Crippen LogP contribution in [-0.4, -0.2) is 49.7 Å². The molecule has 82 valence electrons. The zero-order valence-electron chi connectivity index (χ0n) is 9.30. The van der Waals surface area contributed by atoms with Gasteiger partial charge in [-0.3, -0.25) is 9.69 Å². The van der Waals surface area contributed by atoms with E-state index in [1.165, 1.54) is 0 Å². The van der Waals surface area contributed by atoms with E-state index in [0.29, 0.717) is 0 Å². The molecular formula is C10H20N2O2. The molecule has 1 fully saturated rings. The maximum Gasteiger partial charge on any atom is 0.239 e. The van der Waals surface area contributed by atoms with Gasteiger partial charge < -0.3 is 10.1 Å². The van der Waals surface area contributed by atoms with Gasteiger partial charge in [0.15, 0.2) is 0 Å². The lowest BCUT2D eigenvalue weighted by atomic mass is 9.99. The van der Waals surface area contributed by atoms with Gasteiger partial charge in [-0.25, -0.2) is 0 Å². The molecule has 1 aliphatic heterocycles. The van der Waals surface area contributed by atoms with Gasteiger partial charge in [0.2, 0.25) is 5.91 Å². The van der Waals surface area contributed by atoms with Crippen molar-refractivity contribution >= 4 is 5.91 Å². The van der Waals surface area contributed by atoms with Crippen LogP contribution in [0.15, 0.2) is 0 Å². The molecular weight excluding hydrogens is 180 g/mol. The number of ether oxygens (including phenoxy) is 1. The van der Waals surface area contributed by atoms with Crippen LogP contribution in [0, 0.1) is 0 Å². The molecule has 0 radical (unpaired) electrons. The first-order valence-electron chi connectivity index (χ1n) is 5.11. The van der Waals surface area contributed by atoms with Crippen LogP contribution in [0.4, 0.5) is 0 Å². The van der Waals surface area contributed by atoms with Crippen LogP contribution in [0.25, 0.3) is 0 Å². The number of carbonyl (C=O) groups excluding carboxylic acids is 1. The van der Waals surface area contributed by atoms with Crippen molar-refractivity contribution in [3.63, 3.8) is 0 Å². The van der Waals surface area contributed by atoms with E-state index in [4.69, 9.17) is 4.74 Å². The number of piperazine rings is 1. The number of amides is 1. The van der Waals surface area contributed by atoms with Gasteiger partial charge in [-0.1, -0.05) is 0 Å². The highest BCUT2D eigenvalue weighted by atomic mass is 16.5. The predicted molar refractivity (Wildman–Crippen MR) is 55.2 cm³/mol. The van der Waals surface area contributed by atoms with Gasteiger partial charge in [-0.05, 0) is 20.3 Å². The number of hydrogen-bond donors (Lipinski definition) is 1. The van der Waals surface area contributed by atoms with Crippen molar-refractivity contribution in [2.45, 2.75) is 25.8 Å². The zero-order chi connectivity index (χ0) is 10.6. The molecule has 4 heteroatoms. The number of hydrogen-bond acceptors (Lipinski definition) is 3. The summed E-state index contributed by atoms with van der Waals surface area (Å²) in [7, 11) is 1.70. The van der Waals surface area contributed by atoms with Gasteiger partial charge in [0.1, 0.15) is 0 Å². The van der Waals surface area contributed by atoms with Crippen LogP contribution in [0.1, 0.15) is 20.3 Å². The third kappa shape index (κ3) is 2.45. The third-order valence-corrected chi connectivity index (χ3v) is 2.79. The smallest absolute Gasteiger partial charge is 0.239 e. The van der Waals surface area contributed by atoms with Gasteiger partial charge in [-0.2, -0.15) is 0 Å². The van der Waals surface area contributed by atoms with Crippen molar-refractivity contribution in [2.24, 2.45) is 0 Å². The Morgan fingerprint density at radius 2 is 2.29 bits per heavy atom. The number of rotatable bonds is 4. The first-order chi connectivity index (χ1) is 6.59. The summed E-state index contributed by atoms with van der Waals surface area (Å²) in [6.45, 7) is 7.31. The summed E-state index contributed by atoms with van der Waals surface area (Å²) in [6, 6.07) is 0. The highest BCUT2D eigenvalue weighted by Gasteiger charge is 2.36. The van der Waals surface area contributed by atoms with Crippen LogP contribution < -0.4 is 5.32 Å². The van der Waals surface area contributed by atoms with Crippen LogP contribution in [0.2, 0.25) is 0 Å². The van der Waals surface area contributed by atoms with Gasteiger partial charge in [0.25, 0.3) is 0 Å². The molecule has 0 saturated carbocycles. The SMILES string of the molecule is COCCCN1CCNC(=O)C1(C)C. The van der Waals surface area contributed by atoms with E-state index >= 15 is 0 Å². The molecule has 1 amide bonds. The van der Waals surface area contributed by atoms with Crippen molar-refractivity contribution in [1.82, 2.24) is 10.2 Å². The molecule has 0 aromatic heterocycles. The maximum atomic E-state index is 11.6. The minimum Gasteiger partial charge on any atom is -0.385 e. The average molecular weight is 200 g/mol. The Labute approximate surface area is 85.6 Å². The molecule has 4 nitrogen and oxygen atoms in total. The second-order valence-electron chi connectivity index (χ2n) is 4.15. The Morgan fingerprint density at radius 3 is 2.93 bits per heavy atom. The van der Waals surface area contributed by atoms with E-state index in [-0.39, 0.29) is 11.4 Å². The summed E-state index contributed by atoms with van der Waals surface area (Å²) in [5.41, 5.74) is -0.369. The van der Waals surface area contributed by atoms with Crippen LogP contribution >= 0.6 is 0 Å². The first kappa shape index (κ1) is 11.5. The van der Waals surface area contributed by atoms with Crippen molar-refractivity contribution in [3.8, 4) is 0 Å². The second kappa shape index (κ2) is 4.75. The number of nitrogens with one attached hydrogen (secondary N) is 1. The van der Waals surface area contributed by atoms with Gasteiger partial charge in [0, 0.05) is 33.4 Å². The summed E-state index contributed by atoms with van der Waals surface area (Å²) in [5.74, 6) is 0.126. The van der Waals surface area contributed by atoms with Crippen molar-refractivity contribution in [1.29, 1.82) is 0 Å². The summed E-state index contributed by atoms with van der Waals surface area (Å²) in [5, 5.41) is 2.88. The molecule has 0 spiro atoms. The normalized spacial score (nSPS) is 22.1. The molecule has 0 atom stereocenters. The number of methoxy groups -OCH3 is 1. The summed E-state index contributed by atoms with van der Waals surface area (Å²) in [6.07, 6.45) is 0.979. The Bertz CT molecular complexity index is 204.